The number of ether oxygens (including phenoxy) is 1. The lowest BCUT2D eigenvalue weighted by molar-refractivity contribution is -0.384. The molecular weight excluding hydrogens is 285 g/mol. The van der Waals surface area contributed by atoms with Crippen LogP contribution in [0.5, 0.6) is 5.75 Å². The zero-order valence-electron chi connectivity index (χ0n) is 9.22. The SMILES string of the molecule is C[C@H](CC(=O)O)Oc1c(Cl)cc([N+](=O)[O-])cc1Cl. The second kappa shape index (κ2) is 5.88. The summed E-state index contributed by atoms with van der Waals surface area (Å²) in [6.07, 6.45) is -0.886. The molecule has 1 aromatic rings. The van der Waals surface area contributed by atoms with Gasteiger partial charge in [-0.15, -0.1) is 0 Å². The van der Waals surface area contributed by atoms with Crippen LogP contribution in [0.4, 0.5) is 5.69 Å². The van der Waals surface area contributed by atoms with Gasteiger partial charge in [0.25, 0.3) is 5.69 Å². The van der Waals surface area contributed by atoms with Crippen LogP contribution in [0.15, 0.2) is 12.1 Å². The Kier molecular flexibility index (Phi) is 4.75. The number of non-ortho nitro benzene ring substituents is 1. The molecule has 8 heteroatoms. The summed E-state index contributed by atoms with van der Waals surface area (Å²) < 4.78 is 5.25. The van der Waals surface area contributed by atoms with E-state index in [1.165, 1.54) is 6.92 Å². The lowest BCUT2D eigenvalue weighted by atomic mass is 10.2. The van der Waals surface area contributed by atoms with E-state index >= 15 is 0 Å². The van der Waals surface area contributed by atoms with E-state index in [4.69, 9.17) is 33.0 Å². The van der Waals surface area contributed by atoms with Crippen LogP contribution in [0.3, 0.4) is 0 Å². The van der Waals surface area contributed by atoms with E-state index < -0.39 is 17.0 Å². The Balaban J connectivity index is 2.96. The molecular formula is C10H9Cl2NO5. The second-order valence-corrected chi connectivity index (χ2v) is 4.34. The van der Waals surface area contributed by atoms with Crippen LogP contribution in [-0.2, 0) is 4.79 Å². The summed E-state index contributed by atoms with van der Waals surface area (Å²) in [6.45, 7) is 1.53. The van der Waals surface area contributed by atoms with Crippen molar-refractivity contribution < 1.29 is 19.6 Å². The van der Waals surface area contributed by atoms with Gasteiger partial charge in [-0.05, 0) is 6.92 Å². The molecule has 98 valence electrons. The van der Waals surface area contributed by atoms with Crippen LogP contribution < -0.4 is 4.74 Å². The number of hydrogen-bond donors (Lipinski definition) is 1. The van der Waals surface area contributed by atoms with Crippen molar-refractivity contribution in [2.24, 2.45) is 0 Å². The average Bonchev–Trinajstić information content (AvgIpc) is 2.21. The fraction of sp³-hybridized carbons (Fsp3) is 0.300. The Morgan fingerprint density at radius 2 is 2.00 bits per heavy atom. The number of rotatable bonds is 5. The van der Waals surface area contributed by atoms with Crippen molar-refractivity contribution in [3.8, 4) is 5.75 Å². The van der Waals surface area contributed by atoms with Gasteiger partial charge < -0.3 is 9.84 Å². The van der Waals surface area contributed by atoms with Crippen molar-refractivity contribution in [3.63, 3.8) is 0 Å². The highest BCUT2D eigenvalue weighted by molar-refractivity contribution is 6.37. The Morgan fingerprint density at radius 3 is 2.39 bits per heavy atom. The van der Waals surface area contributed by atoms with Crippen molar-refractivity contribution in [1.29, 1.82) is 0 Å². The fourth-order valence-electron chi connectivity index (χ4n) is 1.25. The third-order valence-electron chi connectivity index (χ3n) is 1.97. The first-order chi connectivity index (χ1) is 8.31. The summed E-state index contributed by atoms with van der Waals surface area (Å²) in [5.74, 6) is -0.991. The number of carboxylic acids is 1. The highest BCUT2D eigenvalue weighted by Crippen LogP contribution is 2.37. The molecule has 0 amide bonds. The molecule has 0 aliphatic rings. The zero-order valence-corrected chi connectivity index (χ0v) is 10.7. The molecule has 0 fully saturated rings. The van der Waals surface area contributed by atoms with Crippen molar-refractivity contribution >= 4 is 34.9 Å². The average molecular weight is 294 g/mol. The predicted molar refractivity (Wildman–Crippen MR) is 65.5 cm³/mol. The van der Waals surface area contributed by atoms with E-state index in [-0.39, 0.29) is 27.9 Å². The van der Waals surface area contributed by atoms with Crippen molar-refractivity contribution in [2.75, 3.05) is 0 Å². The molecule has 6 nitrogen and oxygen atoms in total. The largest absolute Gasteiger partial charge is 0.487 e. The molecule has 0 saturated heterocycles. The molecule has 0 bridgehead atoms. The van der Waals surface area contributed by atoms with Crippen molar-refractivity contribution in [3.05, 3.63) is 32.3 Å². The standard InChI is InChI=1S/C10H9Cl2NO5/c1-5(2-9(14)15)18-10-7(11)3-6(13(16)17)4-8(10)12/h3-5H,2H2,1H3,(H,14,15)/t5-/m1/s1. The van der Waals surface area contributed by atoms with Gasteiger partial charge >= 0.3 is 5.97 Å². The van der Waals surface area contributed by atoms with Crippen LogP contribution in [0, 0.1) is 10.1 Å². The monoisotopic (exact) mass is 293 g/mol. The van der Waals surface area contributed by atoms with Crippen LogP contribution in [-0.4, -0.2) is 22.1 Å². The molecule has 18 heavy (non-hydrogen) atoms. The van der Waals surface area contributed by atoms with Gasteiger partial charge in [-0.1, -0.05) is 23.2 Å². The summed E-state index contributed by atoms with van der Waals surface area (Å²) in [5, 5.41) is 19.1. The number of hydrogen-bond acceptors (Lipinski definition) is 4. The summed E-state index contributed by atoms with van der Waals surface area (Å²) in [6, 6.07) is 2.19. The number of halogens is 2. The molecule has 0 unspecified atom stereocenters. The van der Waals surface area contributed by atoms with Gasteiger partial charge in [-0.2, -0.15) is 0 Å². The van der Waals surface area contributed by atoms with Gasteiger partial charge in [0.2, 0.25) is 0 Å². The van der Waals surface area contributed by atoms with Gasteiger partial charge in [-0.25, -0.2) is 0 Å². The molecule has 1 atom stereocenters. The van der Waals surface area contributed by atoms with E-state index in [0.717, 1.165) is 12.1 Å². The van der Waals surface area contributed by atoms with E-state index in [9.17, 15) is 14.9 Å². The number of nitro benzene ring substituents is 1. The normalized spacial score (nSPS) is 11.9. The Hall–Kier alpha value is -1.53. The quantitative estimate of drug-likeness (QED) is 0.665. The Morgan fingerprint density at radius 1 is 1.50 bits per heavy atom. The highest BCUT2D eigenvalue weighted by atomic mass is 35.5. The number of nitrogens with zero attached hydrogens (tertiary/aromatic N) is 1. The maximum absolute atomic E-state index is 10.6. The van der Waals surface area contributed by atoms with E-state index in [1.807, 2.05) is 0 Å². The van der Waals surface area contributed by atoms with Crippen LogP contribution in [0.1, 0.15) is 13.3 Å². The number of carbonyl (C=O) groups is 1. The maximum Gasteiger partial charge on any atom is 0.307 e. The molecule has 0 aliphatic carbocycles. The van der Waals surface area contributed by atoms with E-state index in [0.29, 0.717) is 0 Å². The third-order valence-corrected chi connectivity index (χ3v) is 2.54. The maximum atomic E-state index is 10.6. The van der Waals surface area contributed by atoms with Gasteiger partial charge in [0.05, 0.1) is 21.4 Å². The van der Waals surface area contributed by atoms with Crippen molar-refractivity contribution in [2.45, 2.75) is 19.4 Å². The molecule has 1 aromatic carbocycles. The lowest BCUT2D eigenvalue weighted by Crippen LogP contribution is -2.17. The van der Waals surface area contributed by atoms with Crippen LogP contribution >= 0.6 is 23.2 Å². The molecule has 0 radical (unpaired) electrons. The smallest absolute Gasteiger partial charge is 0.307 e. The van der Waals surface area contributed by atoms with Gasteiger partial charge in [0.1, 0.15) is 6.10 Å². The van der Waals surface area contributed by atoms with Crippen molar-refractivity contribution in [1.82, 2.24) is 0 Å². The van der Waals surface area contributed by atoms with Gasteiger partial charge in [0.15, 0.2) is 5.75 Å². The number of aliphatic carboxylic acids is 1. The summed E-state index contributed by atoms with van der Waals surface area (Å²) in [5.41, 5.74) is -0.261. The minimum absolute atomic E-state index is 0.0357. The first kappa shape index (κ1) is 14.5. The topological polar surface area (TPSA) is 89.7 Å². The van der Waals surface area contributed by atoms with Gasteiger partial charge in [-0.3, -0.25) is 14.9 Å². The number of nitro groups is 1. The van der Waals surface area contributed by atoms with Crippen LogP contribution in [0.25, 0.3) is 0 Å². The summed E-state index contributed by atoms with van der Waals surface area (Å²) >= 11 is 11.6. The third kappa shape index (κ3) is 3.75. The zero-order chi connectivity index (χ0) is 13.9. The minimum atomic E-state index is -1.03. The predicted octanol–water partition coefficient (Wildman–Crippen LogP) is 3.14. The summed E-state index contributed by atoms with van der Waals surface area (Å²) in [4.78, 5) is 20.4. The first-order valence-electron chi connectivity index (χ1n) is 4.83. The lowest BCUT2D eigenvalue weighted by Gasteiger charge is -2.14. The minimum Gasteiger partial charge on any atom is -0.487 e. The number of carboxylic acid groups (broad SMARTS) is 1. The van der Waals surface area contributed by atoms with Crippen LogP contribution in [0.2, 0.25) is 10.0 Å². The van der Waals surface area contributed by atoms with E-state index in [2.05, 4.69) is 0 Å². The first-order valence-corrected chi connectivity index (χ1v) is 5.58. The molecule has 0 aliphatic heterocycles. The summed E-state index contributed by atoms with van der Waals surface area (Å²) in [7, 11) is 0. The Bertz CT molecular complexity index is 468. The Labute approximate surface area is 112 Å². The molecule has 0 saturated carbocycles. The second-order valence-electron chi connectivity index (χ2n) is 3.52. The molecule has 1 rings (SSSR count). The van der Waals surface area contributed by atoms with Gasteiger partial charge in [0, 0.05) is 12.1 Å². The fourth-order valence-corrected chi connectivity index (χ4v) is 1.82. The molecule has 0 spiro atoms. The highest BCUT2D eigenvalue weighted by Gasteiger charge is 2.18. The molecule has 0 aromatic heterocycles. The number of benzene rings is 1. The molecule has 1 N–H and O–H groups in total. The van der Waals surface area contributed by atoms with E-state index in [1.54, 1.807) is 0 Å². The molecule has 0 heterocycles.